The van der Waals surface area contributed by atoms with E-state index >= 15 is 0 Å². The summed E-state index contributed by atoms with van der Waals surface area (Å²) in [6.07, 6.45) is 4.66. The Kier molecular flexibility index (Phi) is 2.28. The zero-order chi connectivity index (χ0) is 10.1. The van der Waals surface area contributed by atoms with Crippen molar-refractivity contribution in [1.29, 1.82) is 5.26 Å². The first-order valence-corrected chi connectivity index (χ1v) is 5.00. The van der Waals surface area contributed by atoms with Crippen molar-refractivity contribution >= 4 is 5.97 Å². The summed E-state index contributed by atoms with van der Waals surface area (Å²) in [6, 6.07) is 1.71. The molecule has 3 heteroatoms. The summed E-state index contributed by atoms with van der Waals surface area (Å²) in [5.41, 5.74) is -0.0900. The molecule has 74 valence electrons. The Morgan fingerprint density at radius 3 is 2.71 bits per heavy atom. The van der Waals surface area contributed by atoms with E-state index in [1.807, 2.05) is 0 Å². The molecule has 0 amide bonds. The van der Waals surface area contributed by atoms with Gasteiger partial charge in [0.2, 0.25) is 0 Å². The highest BCUT2D eigenvalue weighted by Gasteiger charge is 2.41. The summed E-state index contributed by atoms with van der Waals surface area (Å²) in [7, 11) is 0. The molecule has 2 fully saturated rings. The molecule has 2 saturated carbocycles. The van der Waals surface area contributed by atoms with Crippen molar-refractivity contribution in [1.82, 2.24) is 0 Å². The van der Waals surface area contributed by atoms with Crippen LogP contribution in [0, 0.1) is 23.2 Å². The highest BCUT2D eigenvalue weighted by Crippen LogP contribution is 2.45. The molecule has 0 radical (unpaired) electrons. The average Bonchev–Trinajstić information content (AvgIpc) is 2.77. The van der Waals surface area contributed by atoms with Crippen molar-refractivity contribution in [2.45, 2.75) is 31.8 Å². The molecule has 0 saturated heterocycles. The molecule has 0 spiro atoms. The maximum Gasteiger partial charge on any atom is 0.348 e. The molecular weight excluding hydrogens is 178 g/mol. The summed E-state index contributed by atoms with van der Waals surface area (Å²) >= 11 is 0. The van der Waals surface area contributed by atoms with Gasteiger partial charge in [0, 0.05) is 0 Å². The van der Waals surface area contributed by atoms with Crippen LogP contribution in [0.15, 0.2) is 12.2 Å². The predicted octanol–water partition coefficient (Wildman–Crippen LogP) is 1.80. The largest absolute Gasteiger partial charge is 0.458 e. The Labute approximate surface area is 83.4 Å². The second kappa shape index (κ2) is 3.45. The third kappa shape index (κ3) is 1.52. The first-order chi connectivity index (χ1) is 6.70. The standard InChI is InChI=1S/C11H13NO2/c1-7(6-12)11(13)14-10-5-8-2-3-9(10)4-8/h8-10H,1-5H2. The lowest BCUT2D eigenvalue weighted by molar-refractivity contribution is -0.146. The van der Waals surface area contributed by atoms with Gasteiger partial charge < -0.3 is 4.74 Å². The van der Waals surface area contributed by atoms with Crippen molar-refractivity contribution in [2.24, 2.45) is 11.8 Å². The first-order valence-electron chi connectivity index (χ1n) is 5.00. The minimum atomic E-state index is -0.537. The number of ether oxygens (including phenoxy) is 1. The highest BCUT2D eigenvalue weighted by atomic mass is 16.5. The molecule has 0 aromatic carbocycles. The molecule has 0 aliphatic heterocycles. The smallest absolute Gasteiger partial charge is 0.348 e. The van der Waals surface area contributed by atoms with Crippen LogP contribution in [0.25, 0.3) is 0 Å². The van der Waals surface area contributed by atoms with E-state index in [1.54, 1.807) is 6.07 Å². The third-order valence-electron chi connectivity index (χ3n) is 3.31. The Bertz CT molecular complexity index is 316. The topological polar surface area (TPSA) is 50.1 Å². The average molecular weight is 191 g/mol. The summed E-state index contributed by atoms with van der Waals surface area (Å²) in [5.74, 6) is 0.744. The number of rotatable bonds is 2. The summed E-state index contributed by atoms with van der Waals surface area (Å²) < 4.78 is 5.24. The van der Waals surface area contributed by atoms with E-state index in [1.165, 1.54) is 19.3 Å². The summed E-state index contributed by atoms with van der Waals surface area (Å²) in [4.78, 5) is 11.3. The quantitative estimate of drug-likeness (QED) is 0.380. The van der Waals surface area contributed by atoms with Crippen LogP contribution in [-0.4, -0.2) is 12.1 Å². The molecule has 2 bridgehead atoms. The van der Waals surface area contributed by atoms with Gasteiger partial charge in [0.1, 0.15) is 17.7 Å². The molecule has 0 N–H and O–H groups in total. The fourth-order valence-electron chi connectivity index (χ4n) is 2.58. The molecule has 14 heavy (non-hydrogen) atoms. The van der Waals surface area contributed by atoms with Crippen LogP contribution < -0.4 is 0 Å². The van der Waals surface area contributed by atoms with Gasteiger partial charge in [0.05, 0.1) is 0 Å². The van der Waals surface area contributed by atoms with Crippen molar-refractivity contribution in [2.75, 3.05) is 0 Å². The number of fused-ring (bicyclic) bond motifs is 2. The first kappa shape index (κ1) is 9.26. The van der Waals surface area contributed by atoms with Gasteiger partial charge in [0.15, 0.2) is 0 Å². The molecule has 2 aliphatic carbocycles. The highest BCUT2D eigenvalue weighted by molar-refractivity contribution is 5.92. The SMILES string of the molecule is C=C(C#N)C(=O)OC1CC2CCC1C2. The van der Waals surface area contributed by atoms with Crippen LogP contribution in [0.5, 0.6) is 0 Å². The van der Waals surface area contributed by atoms with Gasteiger partial charge in [-0.3, -0.25) is 0 Å². The van der Waals surface area contributed by atoms with Crippen LogP contribution in [-0.2, 0) is 9.53 Å². The number of carbonyl (C=O) groups is 1. The maximum absolute atomic E-state index is 11.3. The molecule has 3 atom stereocenters. The number of hydrogen-bond donors (Lipinski definition) is 0. The van der Waals surface area contributed by atoms with Gasteiger partial charge in [-0.25, -0.2) is 4.79 Å². The van der Waals surface area contributed by atoms with Crippen LogP contribution in [0.1, 0.15) is 25.7 Å². The number of nitriles is 1. The monoisotopic (exact) mass is 191 g/mol. The predicted molar refractivity (Wildman–Crippen MR) is 50.1 cm³/mol. The third-order valence-corrected chi connectivity index (χ3v) is 3.31. The van der Waals surface area contributed by atoms with E-state index in [4.69, 9.17) is 10.00 Å². The van der Waals surface area contributed by atoms with Crippen LogP contribution in [0.3, 0.4) is 0 Å². The van der Waals surface area contributed by atoms with E-state index in [0.717, 1.165) is 12.3 Å². The van der Waals surface area contributed by atoms with Crippen LogP contribution >= 0.6 is 0 Å². The fraction of sp³-hybridized carbons (Fsp3) is 0.636. The summed E-state index contributed by atoms with van der Waals surface area (Å²) in [5, 5.41) is 8.46. The van der Waals surface area contributed by atoms with Gasteiger partial charge in [-0.15, -0.1) is 0 Å². The Hall–Kier alpha value is -1.30. The molecule has 0 aromatic heterocycles. The minimum Gasteiger partial charge on any atom is -0.458 e. The second-order valence-electron chi connectivity index (χ2n) is 4.21. The van der Waals surface area contributed by atoms with E-state index in [9.17, 15) is 4.79 Å². The minimum absolute atomic E-state index is 0.0475. The van der Waals surface area contributed by atoms with E-state index in [0.29, 0.717) is 5.92 Å². The molecule has 2 aliphatic rings. The van der Waals surface area contributed by atoms with E-state index in [-0.39, 0.29) is 11.7 Å². The van der Waals surface area contributed by atoms with Crippen LogP contribution in [0.2, 0.25) is 0 Å². The van der Waals surface area contributed by atoms with Crippen molar-refractivity contribution in [3.63, 3.8) is 0 Å². The van der Waals surface area contributed by atoms with Gasteiger partial charge in [0.25, 0.3) is 0 Å². The lowest BCUT2D eigenvalue weighted by atomic mass is 9.98. The number of hydrogen-bond acceptors (Lipinski definition) is 3. The maximum atomic E-state index is 11.3. The molecule has 2 rings (SSSR count). The Morgan fingerprint density at radius 1 is 1.43 bits per heavy atom. The lowest BCUT2D eigenvalue weighted by Crippen LogP contribution is -2.24. The normalized spacial score (nSPS) is 33.8. The zero-order valence-electron chi connectivity index (χ0n) is 8.03. The van der Waals surface area contributed by atoms with E-state index in [2.05, 4.69) is 6.58 Å². The number of carbonyl (C=O) groups excluding carboxylic acids is 1. The summed E-state index contributed by atoms with van der Waals surface area (Å²) in [6.45, 7) is 3.34. The lowest BCUT2D eigenvalue weighted by Gasteiger charge is -2.21. The number of nitrogens with zero attached hydrogens (tertiary/aromatic N) is 1. The van der Waals surface area contributed by atoms with E-state index < -0.39 is 5.97 Å². The number of esters is 1. The van der Waals surface area contributed by atoms with Gasteiger partial charge >= 0.3 is 5.97 Å². The van der Waals surface area contributed by atoms with Crippen LogP contribution in [0.4, 0.5) is 0 Å². The molecule has 3 unspecified atom stereocenters. The zero-order valence-corrected chi connectivity index (χ0v) is 8.03. The molecule has 0 heterocycles. The van der Waals surface area contributed by atoms with Crippen molar-refractivity contribution < 1.29 is 9.53 Å². The van der Waals surface area contributed by atoms with Crippen molar-refractivity contribution in [3.8, 4) is 6.07 Å². The van der Waals surface area contributed by atoms with Gasteiger partial charge in [-0.2, -0.15) is 5.26 Å². The Morgan fingerprint density at radius 2 is 2.21 bits per heavy atom. The van der Waals surface area contributed by atoms with Gasteiger partial charge in [-0.05, 0) is 37.5 Å². The van der Waals surface area contributed by atoms with Crippen molar-refractivity contribution in [3.05, 3.63) is 12.2 Å². The second-order valence-corrected chi connectivity index (χ2v) is 4.21. The van der Waals surface area contributed by atoms with Gasteiger partial charge in [-0.1, -0.05) is 6.58 Å². The molecule has 0 aromatic rings. The molecular formula is C11H13NO2. The molecule has 3 nitrogen and oxygen atoms in total. The fourth-order valence-corrected chi connectivity index (χ4v) is 2.58. The Balaban J connectivity index is 1.90.